The summed E-state index contributed by atoms with van der Waals surface area (Å²) < 4.78 is 26.9. The van der Waals surface area contributed by atoms with Crippen LogP contribution in [-0.4, -0.2) is 28.6 Å². The Hall–Kier alpha value is -2.67. The molecule has 0 aliphatic carbocycles. The first-order valence-electron chi connectivity index (χ1n) is 6.90. The van der Waals surface area contributed by atoms with Crippen molar-refractivity contribution in [2.75, 3.05) is 6.61 Å². The smallest absolute Gasteiger partial charge is 0.252 e. The highest BCUT2D eigenvalue weighted by Gasteiger charge is 2.22. The van der Waals surface area contributed by atoms with Gasteiger partial charge < -0.3 is 10.4 Å². The molecule has 0 radical (unpaired) electrons. The first-order valence-corrected chi connectivity index (χ1v) is 6.90. The third-order valence-electron chi connectivity index (χ3n) is 3.25. The van der Waals surface area contributed by atoms with E-state index in [1.807, 2.05) is 0 Å². The average Bonchev–Trinajstić information content (AvgIpc) is 2.54. The molecule has 3 N–H and O–H groups in total. The predicted octanol–water partition coefficient (Wildman–Crippen LogP) is 2.37. The van der Waals surface area contributed by atoms with Crippen molar-refractivity contribution >= 4 is 11.9 Å². The Morgan fingerprint density at radius 2 is 2.09 bits per heavy atom. The first kappa shape index (κ1) is 16.7. The number of carbonyl (C=O) groups is 1. The van der Waals surface area contributed by atoms with Crippen LogP contribution >= 0.6 is 0 Å². The maximum absolute atomic E-state index is 13.7. The number of halogens is 2. The highest BCUT2D eigenvalue weighted by Crippen LogP contribution is 2.18. The number of amides is 1. The van der Waals surface area contributed by atoms with Gasteiger partial charge in [0, 0.05) is 12.8 Å². The second-order valence-corrected chi connectivity index (χ2v) is 4.77. The molecule has 2 rings (SSSR count). The van der Waals surface area contributed by atoms with Gasteiger partial charge in [0.2, 0.25) is 5.97 Å². The summed E-state index contributed by atoms with van der Waals surface area (Å²) in [5, 5.41) is 18.7. The van der Waals surface area contributed by atoms with Gasteiger partial charge >= 0.3 is 0 Å². The molecule has 1 aromatic carbocycles. The van der Waals surface area contributed by atoms with Crippen LogP contribution in [0.15, 0.2) is 42.6 Å². The fraction of sp³-hybridized carbons (Fsp3) is 0.188. The monoisotopic (exact) mass is 319 g/mol. The van der Waals surface area contributed by atoms with Crippen molar-refractivity contribution in [3.63, 3.8) is 0 Å². The fourth-order valence-electron chi connectivity index (χ4n) is 2.18. The summed E-state index contributed by atoms with van der Waals surface area (Å²) in [6.07, 6.45) is 1.73. The molecular formula is C16H15F2N3O2. The van der Waals surface area contributed by atoms with Crippen LogP contribution in [0.1, 0.15) is 34.1 Å². The molecule has 0 saturated heterocycles. The minimum atomic E-state index is -1.52. The third kappa shape index (κ3) is 3.95. The van der Waals surface area contributed by atoms with E-state index in [1.54, 1.807) is 18.2 Å². The van der Waals surface area contributed by atoms with E-state index in [9.17, 15) is 13.6 Å². The molecule has 0 bridgehead atoms. The molecule has 0 aliphatic heterocycles. The highest BCUT2D eigenvalue weighted by molar-refractivity contribution is 6.06. The summed E-state index contributed by atoms with van der Waals surface area (Å²) in [5.41, 5.74) is -0.451. The molecule has 1 heterocycles. The van der Waals surface area contributed by atoms with Gasteiger partial charge in [-0.15, -0.1) is 0 Å². The lowest BCUT2D eigenvalue weighted by molar-refractivity contribution is 0.0928. The Kier molecular flexibility index (Phi) is 5.48. The van der Waals surface area contributed by atoms with Gasteiger partial charge in [0.05, 0.1) is 22.9 Å². The van der Waals surface area contributed by atoms with E-state index in [0.29, 0.717) is 5.69 Å². The van der Waals surface area contributed by atoms with Gasteiger partial charge in [0.1, 0.15) is 5.82 Å². The Morgan fingerprint density at radius 1 is 1.30 bits per heavy atom. The zero-order chi connectivity index (χ0) is 16.8. The normalized spacial score (nSPS) is 11.8. The van der Waals surface area contributed by atoms with Crippen LogP contribution in [0.4, 0.5) is 8.78 Å². The lowest BCUT2D eigenvalue weighted by Crippen LogP contribution is -2.31. The third-order valence-corrected chi connectivity index (χ3v) is 3.25. The van der Waals surface area contributed by atoms with E-state index in [0.717, 1.165) is 6.07 Å². The highest BCUT2D eigenvalue weighted by atomic mass is 19.1. The van der Waals surface area contributed by atoms with Gasteiger partial charge in [0.15, 0.2) is 0 Å². The number of aliphatic hydroxyl groups excluding tert-OH is 1. The number of carbonyl (C=O) groups excluding carboxylic acids is 1. The number of benzene rings is 1. The van der Waals surface area contributed by atoms with Crippen molar-refractivity contribution in [1.29, 1.82) is 5.41 Å². The molecule has 0 aliphatic rings. The van der Waals surface area contributed by atoms with E-state index in [-0.39, 0.29) is 18.6 Å². The summed E-state index contributed by atoms with van der Waals surface area (Å²) in [6, 6.07) is 7.96. The minimum Gasteiger partial charge on any atom is -0.396 e. The maximum Gasteiger partial charge on any atom is 0.252 e. The number of pyridine rings is 1. The second kappa shape index (κ2) is 7.55. The first-order chi connectivity index (χ1) is 11.0. The van der Waals surface area contributed by atoms with Gasteiger partial charge in [-0.25, -0.2) is 4.39 Å². The topological polar surface area (TPSA) is 86.1 Å². The molecule has 23 heavy (non-hydrogen) atoms. The zero-order valence-electron chi connectivity index (χ0n) is 12.1. The lowest BCUT2D eigenvalue weighted by atomic mass is 10.0. The lowest BCUT2D eigenvalue weighted by Gasteiger charge is -2.18. The molecule has 0 saturated carbocycles. The average molecular weight is 319 g/mol. The number of hydrogen-bond donors (Lipinski definition) is 3. The van der Waals surface area contributed by atoms with E-state index in [2.05, 4.69) is 10.3 Å². The van der Waals surface area contributed by atoms with Gasteiger partial charge in [-0.1, -0.05) is 12.1 Å². The number of nitrogens with zero attached hydrogens (tertiary/aromatic N) is 1. The minimum absolute atomic E-state index is 0.195. The maximum atomic E-state index is 13.7. The van der Waals surface area contributed by atoms with Gasteiger partial charge in [-0.2, -0.15) is 4.39 Å². The van der Waals surface area contributed by atoms with E-state index >= 15 is 0 Å². The molecule has 1 atom stereocenters. The number of nitrogens with one attached hydrogen (secondary N) is 2. The van der Waals surface area contributed by atoms with Crippen molar-refractivity contribution in [2.45, 2.75) is 12.5 Å². The Bertz CT molecular complexity index is 708. The SMILES string of the molecule is N=C(F)c1c(F)cccc1C(=O)NC(CCO)c1ccccn1. The van der Waals surface area contributed by atoms with Crippen LogP contribution in [-0.2, 0) is 0 Å². The number of rotatable bonds is 6. The molecular weight excluding hydrogens is 304 g/mol. The molecule has 0 spiro atoms. The Balaban J connectivity index is 2.30. The number of hydrogen-bond acceptors (Lipinski definition) is 4. The van der Waals surface area contributed by atoms with Crippen molar-refractivity contribution in [2.24, 2.45) is 0 Å². The summed E-state index contributed by atoms with van der Waals surface area (Å²) in [6.45, 7) is -0.198. The predicted molar refractivity (Wildman–Crippen MR) is 80.5 cm³/mol. The van der Waals surface area contributed by atoms with Crippen LogP contribution in [0.5, 0.6) is 0 Å². The summed E-state index contributed by atoms with van der Waals surface area (Å²) >= 11 is 0. The molecule has 0 fully saturated rings. The van der Waals surface area contributed by atoms with E-state index in [4.69, 9.17) is 10.5 Å². The second-order valence-electron chi connectivity index (χ2n) is 4.77. The van der Waals surface area contributed by atoms with Crippen LogP contribution in [0.3, 0.4) is 0 Å². The summed E-state index contributed by atoms with van der Waals surface area (Å²) in [4.78, 5) is 16.4. The van der Waals surface area contributed by atoms with Crippen molar-refractivity contribution in [3.8, 4) is 0 Å². The molecule has 7 heteroatoms. The zero-order valence-corrected chi connectivity index (χ0v) is 12.1. The molecule has 120 valence electrons. The molecule has 2 aromatic rings. The summed E-state index contributed by atoms with van der Waals surface area (Å²) in [7, 11) is 0. The fourth-order valence-corrected chi connectivity index (χ4v) is 2.18. The van der Waals surface area contributed by atoms with E-state index < -0.39 is 29.3 Å². The van der Waals surface area contributed by atoms with Gasteiger partial charge in [-0.3, -0.25) is 15.2 Å². The quantitative estimate of drug-likeness (QED) is 0.715. The van der Waals surface area contributed by atoms with Crippen molar-refractivity contribution in [3.05, 3.63) is 65.2 Å². The van der Waals surface area contributed by atoms with Gasteiger partial charge in [-0.05, 0) is 30.7 Å². The van der Waals surface area contributed by atoms with E-state index in [1.165, 1.54) is 18.3 Å². The van der Waals surface area contributed by atoms with Crippen molar-refractivity contribution in [1.82, 2.24) is 10.3 Å². The van der Waals surface area contributed by atoms with Crippen LogP contribution in [0, 0.1) is 11.2 Å². The van der Waals surface area contributed by atoms with Gasteiger partial charge in [0.25, 0.3) is 5.91 Å². The Labute approximate surface area is 131 Å². The number of aromatic nitrogens is 1. The molecule has 1 aromatic heterocycles. The largest absolute Gasteiger partial charge is 0.396 e. The summed E-state index contributed by atoms with van der Waals surface area (Å²) in [5.74, 6) is -3.25. The van der Waals surface area contributed by atoms with Crippen LogP contribution in [0.2, 0.25) is 0 Å². The molecule has 1 amide bonds. The molecule has 1 unspecified atom stereocenters. The molecule has 5 nitrogen and oxygen atoms in total. The standard InChI is InChI=1S/C16H15F2N3O2/c17-11-5-3-4-10(14(11)15(18)19)16(23)21-13(7-9-22)12-6-1-2-8-20-12/h1-6,8,13,19,22H,7,9H2,(H,21,23). The van der Waals surface area contributed by atoms with Crippen LogP contribution < -0.4 is 5.32 Å². The Morgan fingerprint density at radius 3 is 2.70 bits per heavy atom. The van der Waals surface area contributed by atoms with Crippen molar-refractivity contribution < 1.29 is 18.7 Å². The van der Waals surface area contributed by atoms with Crippen LogP contribution in [0.25, 0.3) is 0 Å². The number of aliphatic hydroxyl groups is 1.